The van der Waals surface area contributed by atoms with E-state index < -0.39 is 0 Å². The molecule has 0 radical (unpaired) electrons. The molecule has 1 N–H and O–H groups in total. The summed E-state index contributed by atoms with van der Waals surface area (Å²) in [7, 11) is 0. The van der Waals surface area contributed by atoms with Crippen LogP contribution in [0.4, 0.5) is 4.79 Å². The zero-order chi connectivity index (χ0) is 15.2. The molecule has 120 valence electrons. The number of carbonyl (C=O) groups excluding carboxylic acids is 1. The Morgan fingerprint density at radius 2 is 2.00 bits per heavy atom. The van der Waals surface area contributed by atoms with Crippen molar-refractivity contribution in [2.45, 2.75) is 38.0 Å². The van der Waals surface area contributed by atoms with Gasteiger partial charge in [-0.05, 0) is 24.8 Å². The van der Waals surface area contributed by atoms with Gasteiger partial charge in [-0.1, -0.05) is 30.3 Å². The van der Waals surface area contributed by atoms with Crippen molar-refractivity contribution in [2.24, 2.45) is 0 Å². The van der Waals surface area contributed by atoms with Crippen molar-refractivity contribution in [1.29, 1.82) is 0 Å². The molecule has 1 heterocycles. The lowest BCUT2D eigenvalue weighted by atomic mass is 10.2. The van der Waals surface area contributed by atoms with Gasteiger partial charge in [-0.2, -0.15) is 0 Å². The molecule has 0 spiro atoms. The number of hydrogen-bond acceptors (Lipinski definition) is 4. The molecule has 2 fully saturated rings. The average Bonchev–Trinajstić information content (AvgIpc) is 3.03. The fourth-order valence-electron chi connectivity index (χ4n) is 3.29. The number of ether oxygens (including phenoxy) is 2. The Labute approximate surface area is 131 Å². The van der Waals surface area contributed by atoms with Gasteiger partial charge in [-0.25, -0.2) is 4.79 Å². The number of nitrogens with one attached hydrogen (secondary N) is 1. The Hall–Kier alpha value is -1.59. The molecule has 5 heteroatoms. The first-order valence-corrected chi connectivity index (χ1v) is 8.10. The monoisotopic (exact) mass is 304 g/mol. The summed E-state index contributed by atoms with van der Waals surface area (Å²) in [5.74, 6) is 0. The maximum Gasteiger partial charge on any atom is 0.407 e. The third-order valence-corrected chi connectivity index (χ3v) is 4.50. The predicted molar refractivity (Wildman–Crippen MR) is 83.6 cm³/mol. The molecule has 2 aliphatic rings. The molecule has 2 atom stereocenters. The van der Waals surface area contributed by atoms with Gasteiger partial charge in [-0.3, -0.25) is 4.90 Å². The molecule has 0 bridgehead atoms. The van der Waals surface area contributed by atoms with Crippen molar-refractivity contribution in [2.75, 3.05) is 26.3 Å². The van der Waals surface area contributed by atoms with E-state index in [9.17, 15) is 4.79 Å². The molecule has 1 aromatic rings. The van der Waals surface area contributed by atoms with Crippen LogP contribution in [-0.2, 0) is 16.1 Å². The minimum absolute atomic E-state index is 0.233. The number of amides is 1. The molecule has 5 nitrogen and oxygen atoms in total. The van der Waals surface area contributed by atoms with Crippen LogP contribution in [0.5, 0.6) is 0 Å². The minimum atomic E-state index is -0.309. The normalized spacial score (nSPS) is 25.8. The van der Waals surface area contributed by atoms with Crippen LogP contribution < -0.4 is 5.32 Å². The second kappa shape index (κ2) is 7.61. The summed E-state index contributed by atoms with van der Waals surface area (Å²) in [5.41, 5.74) is 1.01. The van der Waals surface area contributed by atoms with E-state index in [2.05, 4.69) is 10.2 Å². The summed E-state index contributed by atoms with van der Waals surface area (Å²) in [6.45, 7) is 4.00. The summed E-state index contributed by atoms with van der Waals surface area (Å²) >= 11 is 0. The van der Waals surface area contributed by atoms with Crippen LogP contribution >= 0.6 is 0 Å². The standard InChI is InChI=1S/C17H24N2O3/c20-17(22-13-14-4-2-1-3-5-14)18-15-6-7-16(12-15)19-8-10-21-11-9-19/h1-5,15-16H,6-13H2,(H,18,20)/t15-,16+/m0/s1. The van der Waals surface area contributed by atoms with Gasteiger partial charge >= 0.3 is 6.09 Å². The van der Waals surface area contributed by atoms with E-state index in [1.165, 1.54) is 0 Å². The van der Waals surface area contributed by atoms with E-state index >= 15 is 0 Å². The van der Waals surface area contributed by atoms with Gasteiger partial charge < -0.3 is 14.8 Å². The van der Waals surface area contributed by atoms with E-state index in [1.807, 2.05) is 30.3 Å². The van der Waals surface area contributed by atoms with Crippen LogP contribution in [0.2, 0.25) is 0 Å². The number of benzene rings is 1. The number of nitrogens with zero attached hydrogens (tertiary/aromatic N) is 1. The molecular weight excluding hydrogens is 280 g/mol. The lowest BCUT2D eigenvalue weighted by molar-refractivity contribution is 0.0175. The quantitative estimate of drug-likeness (QED) is 0.926. The molecule has 1 aliphatic carbocycles. The highest BCUT2D eigenvalue weighted by molar-refractivity contribution is 5.67. The zero-order valence-electron chi connectivity index (χ0n) is 12.9. The number of carbonyl (C=O) groups is 1. The fourth-order valence-corrected chi connectivity index (χ4v) is 3.29. The van der Waals surface area contributed by atoms with Crippen molar-refractivity contribution in [3.05, 3.63) is 35.9 Å². The Balaban J connectivity index is 1.39. The van der Waals surface area contributed by atoms with Gasteiger partial charge in [0.2, 0.25) is 0 Å². The summed E-state index contributed by atoms with van der Waals surface area (Å²) in [4.78, 5) is 14.4. The van der Waals surface area contributed by atoms with Crippen molar-refractivity contribution in [1.82, 2.24) is 10.2 Å². The van der Waals surface area contributed by atoms with Crippen molar-refractivity contribution < 1.29 is 14.3 Å². The fraction of sp³-hybridized carbons (Fsp3) is 0.588. The molecular formula is C17H24N2O3. The average molecular weight is 304 g/mol. The first-order chi connectivity index (χ1) is 10.8. The maximum absolute atomic E-state index is 11.9. The smallest absolute Gasteiger partial charge is 0.407 e. The first-order valence-electron chi connectivity index (χ1n) is 8.10. The van der Waals surface area contributed by atoms with Gasteiger partial charge in [0.25, 0.3) is 0 Å². The Morgan fingerprint density at radius 3 is 2.77 bits per heavy atom. The number of alkyl carbamates (subject to hydrolysis) is 1. The zero-order valence-corrected chi connectivity index (χ0v) is 12.9. The van der Waals surface area contributed by atoms with Crippen LogP contribution in [0.1, 0.15) is 24.8 Å². The van der Waals surface area contributed by atoms with Gasteiger partial charge in [0.05, 0.1) is 13.2 Å². The Bertz CT molecular complexity index is 474. The lowest BCUT2D eigenvalue weighted by Gasteiger charge is -2.32. The Morgan fingerprint density at radius 1 is 1.23 bits per heavy atom. The topological polar surface area (TPSA) is 50.8 Å². The van der Waals surface area contributed by atoms with Gasteiger partial charge in [0.1, 0.15) is 6.61 Å². The predicted octanol–water partition coefficient (Wildman–Crippen LogP) is 2.17. The molecule has 1 amide bonds. The number of hydrogen-bond donors (Lipinski definition) is 1. The van der Waals surface area contributed by atoms with Crippen molar-refractivity contribution >= 4 is 6.09 Å². The second-order valence-electron chi connectivity index (χ2n) is 6.02. The SMILES string of the molecule is O=C(N[C@H]1CC[C@@H](N2CCOCC2)C1)OCc1ccccc1. The molecule has 0 aromatic heterocycles. The summed E-state index contributed by atoms with van der Waals surface area (Å²) in [6.07, 6.45) is 2.88. The van der Waals surface area contributed by atoms with Gasteiger partial charge in [0.15, 0.2) is 0 Å². The highest BCUT2D eigenvalue weighted by Crippen LogP contribution is 2.25. The summed E-state index contributed by atoms with van der Waals surface area (Å²) in [5, 5.41) is 3.00. The molecule has 1 saturated carbocycles. The van der Waals surface area contributed by atoms with Crippen LogP contribution in [0, 0.1) is 0 Å². The first kappa shape index (κ1) is 15.3. The third-order valence-electron chi connectivity index (χ3n) is 4.50. The molecule has 1 aliphatic heterocycles. The maximum atomic E-state index is 11.9. The van der Waals surface area contributed by atoms with Crippen LogP contribution in [-0.4, -0.2) is 49.4 Å². The van der Waals surface area contributed by atoms with E-state index in [0.717, 1.165) is 51.1 Å². The molecule has 1 aromatic carbocycles. The van der Waals surface area contributed by atoms with Crippen LogP contribution in [0.3, 0.4) is 0 Å². The lowest BCUT2D eigenvalue weighted by Crippen LogP contribution is -2.43. The number of morpholine rings is 1. The van der Waals surface area contributed by atoms with Crippen molar-refractivity contribution in [3.63, 3.8) is 0 Å². The van der Waals surface area contributed by atoms with E-state index in [0.29, 0.717) is 12.6 Å². The van der Waals surface area contributed by atoms with E-state index in [-0.39, 0.29) is 12.1 Å². The largest absolute Gasteiger partial charge is 0.445 e. The second-order valence-corrected chi connectivity index (χ2v) is 6.02. The number of rotatable bonds is 4. The molecule has 22 heavy (non-hydrogen) atoms. The van der Waals surface area contributed by atoms with Crippen LogP contribution in [0.15, 0.2) is 30.3 Å². The van der Waals surface area contributed by atoms with E-state index in [1.54, 1.807) is 0 Å². The molecule has 0 unspecified atom stereocenters. The van der Waals surface area contributed by atoms with E-state index in [4.69, 9.17) is 9.47 Å². The van der Waals surface area contributed by atoms with Gasteiger partial charge in [0, 0.05) is 25.2 Å². The highest BCUT2D eigenvalue weighted by atomic mass is 16.5. The van der Waals surface area contributed by atoms with Gasteiger partial charge in [-0.15, -0.1) is 0 Å². The minimum Gasteiger partial charge on any atom is -0.445 e. The highest BCUT2D eigenvalue weighted by Gasteiger charge is 2.31. The third kappa shape index (κ3) is 4.21. The summed E-state index contributed by atoms with van der Waals surface area (Å²) < 4.78 is 10.7. The Kier molecular flexibility index (Phi) is 5.29. The molecule has 3 rings (SSSR count). The summed E-state index contributed by atoms with van der Waals surface area (Å²) in [6, 6.07) is 10.6. The molecule has 1 saturated heterocycles. The van der Waals surface area contributed by atoms with Crippen molar-refractivity contribution in [3.8, 4) is 0 Å². The van der Waals surface area contributed by atoms with Crippen LogP contribution in [0.25, 0.3) is 0 Å².